The number of amides is 1. The van der Waals surface area contributed by atoms with Gasteiger partial charge in [-0.25, -0.2) is 13.6 Å². The molecule has 0 heterocycles. The van der Waals surface area contributed by atoms with Gasteiger partial charge in [-0.1, -0.05) is 13.3 Å². The fourth-order valence-electron chi connectivity index (χ4n) is 2.02. The molecular formula is C14H23N3O3S. The van der Waals surface area contributed by atoms with Gasteiger partial charge in [-0.15, -0.1) is 0 Å². The lowest BCUT2D eigenvalue weighted by atomic mass is 9.96. The van der Waals surface area contributed by atoms with Crippen molar-refractivity contribution in [1.29, 1.82) is 0 Å². The molecule has 7 heteroatoms. The Hall–Kier alpha value is -1.44. The number of carbonyl (C=O) groups excluding carboxylic acids is 1. The van der Waals surface area contributed by atoms with Crippen molar-refractivity contribution in [2.45, 2.75) is 51.0 Å². The van der Waals surface area contributed by atoms with Crippen molar-refractivity contribution in [1.82, 2.24) is 0 Å². The van der Waals surface area contributed by atoms with Gasteiger partial charge in [0.25, 0.3) is 0 Å². The lowest BCUT2D eigenvalue weighted by molar-refractivity contribution is -0.120. The van der Waals surface area contributed by atoms with Gasteiger partial charge in [0.15, 0.2) is 0 Å². The van der Waals surface area contributed by atoms with Crippen molar-refractivity contribution in [3.63, 3.8) is 0 Å². The fraction of sp³-hybridized carbons (Fsp3) is 0.500. The van der Waals surface area contributed by atoms with E-state index in [4.69, 9.17) is 10.9 Å². The maximum absolute atomic E-state index is 12.2. The highest BCUT2D eigenvalue weighted by Crippen LogP contribution is 2.24. The minimum atomic E-state index is -3.83. The lowest BCUT2D eigenvalue weighted by Crippen LogP contribution is -2.48. The van der Waals surface area contributed by atoms with E-state index in [2.05, 4.69) is 5.32 Å². The number of carbonyl (C=O) groups is 1. The van der Waals surface area contributed by atoms with Gasteiger partial charge in [-0.3, -0.25) is 4.79 Å². The van der Waals surface area contributed by atoms with Gasteiger partial charge in [0, 0.05) is 5.69 Å². The number of hydrogen-bond acceptors (Lipinski definition) is 4. The molecule has 0 radical (unpaired) electrons. The molecule has 5 N–H and O–H groups in total. The van der Waals surface area contributed by atoms with Crippen molar-refractivity contribution in [2.24, 2.45) is 10.9 Å². The number of hydrogen-bond donors (Lipinski definition) is 3. The SMILES string of the molecule is CCCC(C)(N)C(=O)Nc1cc(S(N)(=O)=O)cc(C)c1C. The quantitative estimate of drug-likeness (QED) is 0.762. The molecule has 1 rings (SSSR count). The van der Waals surface area contributed by atoms with Crippen LogP contribution in [-0.2, 0) is 14.8 Å². The third-order valence-electron chi connectivity index (χ3n) is 3.51. The maximum Gasteiger partial charge on any atom is 0.244 e. The molecule has 0 bridgehead atoms. The van der Waals surface area contributed by atoms with Crippen LogP contribution in [0.15, 0.2) is 17.0 Å². The molecule has 0 aliphatic heterocycles. The van der Waals surface area contributed by atoms with E-state index in [0.29, 0.717) is 12.1 Å². The molecule has 0 aliphatic rings. The van der Waals surface area contributed by atoms with Gasteiger partial charge in [0.05, 0.1) is 10.4 Å². The van der Waals surface area contributed by atoms with Gasteiger partial charge in [-0.05, 0) is 50.5 Å². The largest absolute Gasteiger partial charge is 0.324 e. The molecule has 0 spiro atoms. The summed E-state index contributed by atoms with van der Waals surface area (Å²) in [5.41, 5.74) is 6.89. The first-order valence-electron chi connectivity index (χ1n) is 6.73. The Kier molecular flexibility index (Phi) is 5.14. The topological polar surface area (TPSA) is 115 Å². The Morgan fingerprint density at radius 1 is 1.33 bits per heavy atom. The van der Waals surface area contributed by atoms with Crippen molar-refractivity contribution >= 4 is 21.6 Å². The van der Waals surface area contributed by atoms with Crippen LogP contribution in [0.1, 0.15) is 37.8 Å². The summed E-state index contributed by atoms with van der Waals surface area (Å²) in [6.45, 7) is 7.14. The van der Waals surface area contributed by atoms with Crippen LogP contribution in [0.5, 0.6) is 0 Å². The molecule has 1 amide bonds. The van der Waals surface area contributed by atoms with Crippen LogP contribution in [0.25, 0.3) is 0 Å². The first-order chi connectivity index (χ1) is 9.49. The third kappa shape index (κ3) is 4.26. The molecule has 1 unspecified atom stereocenters. The molecule has 1 aromatic carbocycles. The van der Waals surface area contributed by atoms with Crippen LogP contribution in [0.2, 0.25) is 0 Å². The normalized spacial score (nSPS) is 14.6. The number of rotatable bonds is 5. The second-order valence-corrected chi connectivity index (χ2v) is 7.14. The predicted octanol–water partition coefficient (Wildman–Crippen LogP) is 1.41. The molecule has 0 aromatic heterocycles. The summed E-state index contributed by atoms with van der Waals surface area (Å²) in [5.74, 6) is -0.349. The third-order valence-corrected chi connectivity index (χ3v) is 4.40. The van der Waals surface area contributed by atoms with Crippen LogP contribution < -0.4 is 16.2 Å². The zero-order valence-electron chi connectivity index (χ0n) is 12.9. The van der Waals surface area contributed by atoms with Crippen molar-refractivity contribution in [2.75, 3.05) is 5.32 Å². The predicted molar refractivity (Wildman–Crippen MR) is 83.4 cm³/mol. The minimum absolute atomic E-state index is 0.0323. The highest BCUT2D eigenvalue weighted by molar-refractivity contribution is 7.89. The number of aryl methyl sites for hydroxylation is 1. The Morgan fingerprint density at radius 3 is 2.38 bits per heavy atom. The van der Waals surface area contributed by atoms with Crippen LogP contribution in [0.4, 0.5) is 5.69 Å². The van der Waals surface area contributed by atoms with Crippen molar-refractivity contribution in [3.8, 4) is 0 Å². The van der Waals surface area contributed by atoms with Gasteiger partial charge in [-0.2, -0.15) is 0 Å². The molecule has 1 atom stereocenters. The Bertz CT molecular complexity index is 652. The first-order valence-corrected chi connectivity index (χ1v) is 8.28. The average Bonchev–Trinajstić information content (AvgIpc) is 2.33. The first kappa shape index (κ1) is 17.6. The van der Waals surface area contributed by atoms with E-state index >= 15 is 0 Å². The summed E-state index contributed by atoms with van der Waals surface area (Å²) in [4.78, 5) is 12.2. The fourth-order valence-corrected chi connectivity index (χ4v) is 2.64. The summed E-state index contributed by atoms with van der Waals surface area (Å²) in [7, 11) is -3.83. The molecule has 21 heavy (non-hydrogen) atoms. The Morgan fingerprint density at radius 2 is 1.90 bits per heavy atom. The van der Waals surface area contributed by atoms with Gasteiger partial charge in [0.1, 0.15) is 0 Å². The van der Waals surface area contributed by atoms with Crippen LogP contribution in [0, 0.1) is 13.8 Å². The van der Waals surface area contributed by atoms with E-state index in [1.165, 1.54) is 12.1 Å². The second-order valence-electron chi connectivity index (χ2n) is 5.58. The highest BCUT2D eigenvalue weighted by atomic mass is 32.2. The standard InChI is InChI=1S/C14H23N3O3S/c1-5-6-14(4,15)13(18)17-12-8-11(21(16,19)20)7-9(2)10(12)3/h7-8H,5-6,15H2,1-4H3,(H,17,18)(H2,16,19,20). The zero-order chi connectivity index (χ0) is 16.4. The van der Waals surface area contributed by atoms with Gasteiger partial charge < -0.3 is 11.1 Å². The molecule has 0 fully saturated rings. The summed E-state index contributed by atoms with van der Waals surface area (Å²) >= 11 is 0. The molecular weight excluding hydrogens is 290 g/mol. The summed E-state index contributed by atoms with van der Waals surface area (Å²) in [6, 6.07) is 2.84. The van der Waals surface area contributed by atoms with E-state index in [9.17, 15) is 13.2 Å². The Balaban J connectivity index is 3.20. The molecule has 1 aromatic rings. The second kappa shape index (κ2) is 6.13. The van der Waals surface area contributed by atoms with Crippen LogP contribution in [0.3, 0.4) is 0 Å². The van der Waals surface area contributed by atoms with E-state index in [1.807, 2.05) is 6.92 Å². The molecule has 118 valence electrons. The maximum atomic E-state index is 12.2. The van der Waals surface area contributed by atoms with E-state index in [-0.39, 0.29) is 10.8 Å². The minimum Gasteiger partial charge on any atom is -0.324 e. The summed E-state index contributed by atoms with van der Waals surface area (Å²) < 4.78 is 22.9. The number of anilines is 1. The van der Waals surface area contributed by atoms with E-state index in [0.717, 1.165) is 17.5 Å². The van der Waals surface area contributed by atoms with Crippen molar-refractivity contribution < 1.29 is 13.2 Å². The van der Waals surface area contributed by atoms with Crippen LogP contribution in [-0.4, -0.2) is 19.9 Å². The number of primary sulfonamides is 1. The average molecular weight is 313 g/mol. The zero-order valence-corrected chi connectivity index (χ0v) is 13.7. The monoisotopic (exact) mass is 313 g/mol. The summed E-state index contributed by atoms with van der Waals surface area (Å²) in [5, 5.41) is 7.85. The van der Waals surface area contributed by atoms with Crippen LogP contribution >= 0.6 is 0 Å². The number of sulfonamides is 1. The molecule has 0 aliphatic carbocycles. The molecule has 6 nitrogen and oxygen atoms in total. The number of benzene rings is 1. The molecule has 0 saturated heterocycles. The molecule has 0 saturated carbocycles. The number of nitrogens with two attached hydrogens (primary N) is 2. The van der Waals surface area contributed by atoms with Gasteiger partial charge in [0.2, 0.25) is 15.9 Å². The van der Waals surface area contributed by atoms with Crippen molar-refractivity contribution in [3.05, 3.63) is 23.3 Å². The van der Waals surface area contributed by atoms with E-state index < -0.39 is 15.6 Å². The van der Waals surface area contributed by atoms with E-state index in [1.54, 1.807) is 20.8 Å². The highest BCUT2D eigenvalue weighted by Gasteiger charge is 2.28. The lowest BCUT2D eigenvalue weighted by Gasteiger charge is -2.24. The number of nitrogens with one attached hydrogen (secondary N) is 1. The van der Waals surface area contributed by atoms with Gasteiger partial charge >= 0.3 is 0 Å². The smallest absolute Gasteiger partial charge is 0.244 e. The Labute approximate surface area is 126 Å². The summed E-state index contributed by atoms with van der Waals surface area (Å²) in [6.07, 6.45) is 1.31.